The molecule has 1 N–H and O–H groups in total. The van der Waals surface area contributed by atoms with Gasteiger partial charge in [0.1, 0.15) is 11.4 Å². The topological polar surface area (TPSA) is 103 Å². The van der Waals surface area contributed by atoms with Gasteiger partial charge in [0.15, 0.2) is 41.6 Å². The lowest BCUT2D eigenvalue weighted by molar-refractivity contribution is 0.0377. The van der Waals surface area contributed by atoms with E-state index >= 15 is 0 Å². The Bertz CT molecular complexity index is 1910. The Labute approximate surface area is 474 Å². The first kappa shape index (κ1) is 72.6. The Kier molecular flexibility index (Phi) is 27.8. The van der Waals surface area contributed by atoms with Gasteiger partial charge in [-0.2, -0.15) is 0 Å². The molecule has 0 heterocycles. The molecule has 0 aromatic heterocycles. The van der Waals surface area contributed by atoms with Crippen molar-refractivity contribution in [1.82, 2.24) is 5.32 Å². The summed E-state index contributed by atoms with van der Waals surface area (Å²) in [5, 5.41) is 3.11. The molecule has 0 bridgehead atoms. The van der Waals surface area contributed by atoms with Crippen LogP contribution >= 0.6 is 0 Å². The van der Waals surface area contributed by atoms with E-state index in [2.05, 4.69) is 211 Å². The third-order valence-electron chi connectivity index (χ3n) is 17.2. The molecule has 444 valence electrons. The summed E-state index contributed by atoms with van der Waals surface area (Å²) in [6.07, 6.45) is 13.7. The van der Waals surface area contributed by atoms with Gasteiger partial charge in [0, 0.05) is 31.8 Å². The highest BCUT2D eigenvalue weighted by Gasteiger charge is 2.45. The molecular weight excluding hydrogens is 1030 g/mol. The number of carbonyl (C=O) groups excluding carboxylic acids is 1. The van der Waals surface area contributed by atoms with Crippen molar-refractivity contribution in [2.75, 3.05) is 20.3 Å². The zero-order chi connectivity index (χ0) is 59.2. The molecule has 5 atom stereocenters. The molecule has 1 rings (SSSR count). The highest BCUT2D eigenvalue weighted by molar-refractivity contribution is 6.75. The van der Waals surface area contributed by atoms with Crippen molar-refractivity contribution in [3.05, 3.63) is 54.1 Å². The van der Waals surface area contributed by atoms with Gasteiger partial charge < -0.3 is 41.7 Å². The largest absolute Gasteiger partial charge is 0.497 e. The third kappa shape index (κ3) is 26.0. The minimum Gasteiger partial charge on any atom is -0.497 e. The molecule has 0 spiro atoms. The predicted octanol–water partition coefficient (Wildman–Crippen LogP) is 18.5. The number of methoxy groups -OCH3 is 1. The number of carbonyl (C=O) groups is 1. The van der Waals surface area contributed by atoms with Gasteiger partial charge in [0.25, 0.3) is 0 Å². The molecule has 1 amide bonds. The van der Waals surface area contributed by atoms with Crippen LogP contribution in [0.4, 0.5) is 4.79 Å². The zero-order valence-electron chi connectivity index (χ0n) is 54.8. The minimum atomic E-state index is -2.26. The van der Waals surface area contributed by atoms with Crippen LogP contribution in [-0.2, 0) is 38.2 Å². The molecule has 76 heavy (non-hydrogen) atoms. The standard InChI is InChI=1S/C61H121NO9Si5/c1-56(2,3)66-55(63)62-43-32-37-51(68-73(22,23)58(7,8)9)34-30-33-50(67-72(20,21)57(4,5)6)35-31-36-52(69-74(24,25)59(10,11)12)45-54(71-76(28,29)61(16,17)18)46-53(70-75(26,27)60(13,14)15)42-44-65-47-48-38-40-49(64-19)41-39-48/h30-31,33,36,38-41,50-54H,32,34-35,37,42-47H2,1-29H3,(H,62,63)/b33-30+,36-31+/t50-,51+,52-,53+,54+/m1/s1. The van der Waals surface area contributed by atoms with E-state index in [4.69, 9.17) is 36.3 Å². The van der Waals surface area contributed by atoms with Crippen LogP contribution in [0.25, 0.3) is 0 Å². The number of hydrogen-bond donors (Lipinski definition) is 1. The smallest absolute Gasteiger partial charge is 0.407 e. The van der Waals surface area contributed by atoms with E-state index in [0.717, 1.165) is 49.8 Å². The van der Waals surface area contributed by atoms with Crippen molar-refractivity contribution >= 4 is 47.7 Å². The van der Waals surface area contributed by atoms with Gasteiger partial charge in [-0.05, 0) is 168 Å². The maximum atomic E-state index is 12.5. The summed E-state index contributed by atoms with van der Waals surface area (Å²) in [5.74, 6) is 0.841. The Hall–Kier alpha value is -1.39. The monoisotopic (exact) mass is 1150 g/mol. The van der Waals surface area contributed by atoms with Crippen LogP contribution in [0.5, 0.6) is 5.75 Å². The second-order valence-electron chi connectivity index (χ2n) is 30.4. The molecule has 0 unspecified atom stereocenters. The molecule has 0 aliphatic carbocycles. The maximum Gasteiger partial charge on any atom is 0.407 e. The van der Waals surface area contributed by atoms with Crippen molar-refractivity contribution < 1.29 is 41.1 Å². The number of rotatable bonds is 30. The van der Waals surface area contributed by atoms with Gasteiger partial charge in [0.2, 0.25) is 0 Å². The molecule has 1 aromatic rings. The average Bonchev–Trinajstić information content (AvgIpc) is 3.20. The summed E-state index contributed by atoms with van der Waals surface area (Å²) >= 11 is 0. The fraction of sp³-hybridized carbons (Fsp3) is 0.820. The van der Waals surface area contributed by atoms with Crippen LogP contribution in [0.1, 0.15) is 175 Å². The van der Waals surface area contributed by atoms with Gasteiger partial charge in [-0.1, -0.05) is 140 Å². The van der Waals surface area contributed by atoms with Crippen molar-refractivity contribution in [1.29, 1.82) is 0 Å². The molecule has 0 aliphatic rings. The highest BCUT2D eigenvalue weighted by atomic mass is 28.4. The number of alkyl carbamates (subject to hydrolysis) is 1. The average molecular weight is 1150 g/mol. The first-order chi connectivity index (χ1) is 34.0. The Balaban J connectivity index is 3.82. The molecule has 0 saturated heterocycles. The second kappa shape index (κ2) is 29.0. The Morgan fingerprint density at radius 2 is 0.921 bits per heavy atom. The summed E-state index contributed by atoms with van der Waals surface area (Å²) in [7, 11) is -9.31. The number of ether oxygens (including phenoxy) is 3. The normalized spacial score (nSPS) is 16.5. The fourth-order valence-electron chi connectivity index (χ4n) is 7.12. The van der Waals surface area contributed by atoms with Crippen LogP contribution in [0, 0.1) is 0 Å². The lowest BCUT2D eigenvalue weighted by atomic mass is 10.0. The van der Waals surface area contributed by atoms with Crippen molar-refractivity contribution in [3.63, 3.8) is 0 Å². The van der Waals surface area contributed by atoms with Gasteiger partial charge in [-0.15, -0.1) is 0 Å². The Morgan fingerprint density at radius 3 is 1.37 bits per heavy atom. The predicted molar refractivity (Wildman–Crippen MR) is 338 cm³/mol. The van der Waals surface area contributed by atoms with Crippen LogP contribution < -0.4 is 10.1 Å². The molecule has 0 radical (unpaired) electrons. The van der Waals surface area contributed by atoms with Crippen LogP contribution in [0.15, 0.2) is 48.6 Å². The summed E-state index contributed by atoms with van der Waals surface area (Å²) in [4.78, 5) is 12.5. The summed E-state index contributed by atoms with van der Waals surface area (Å²) in [5.41, 5.74) is 0.578. The maximum absolute atomic E-state index is 12.5. The van der Waals surface area contributed by atoms with Crippen LogP contribution in [0.2, 0.25) is 90.7 Å². The molecule has 1 aromatic carbocycles. The van der Waals surface area contributed by atoms with E-state index in [1.807, 2.05) is 32.9 Å². The van der Waals surface area contributed by atoms with E-state index in [1.54, 1.807) is 7.11 Å². The number of hydrogen-bond acceptors (Lipinski definition) is 9. The zero-order valence-corrected chi connectivity index (χ0v) is 59.8. The summed E-state index contributed by atoms with van der Waals surface area (Å²) in [6, 6.07) is 8.11. The lowest BCUT2D eigenvalue weighted by Crippen LogP contribution is -2.49. The van der Waals surface area contributed by atoms with Gasteiger partial charge >= 0.3 is 6.09 Å². The van der Waals surface area contributed by atoms with E-state index < -0.39 is 47.2 Å². The lowest BCUT2D eigenvalue weighted by Gasteiger charge is -2.44. The molecule has 15 heteroatoms. The van der Waals surface area contributed by atoms with E-state index in [9.17, 15) is 4.79 Å². The Morgan fingerprint density at radius 1 is 0.513 bits per heavy atom. The van der Waals surface area contributed by atoms with Gasteiger partial charge in [-0.3, -0.25) is 0 Å². The molecule has 0 fully saturated rings. The first-order valence-electron chi connectivity index (χ1n) is 28.9. The second-order valence-corrected chi connectivity index (χ2v) is 54.2. The number of nitrogens with one attached hydrogen (secondary N) is 1. The fourth-order valence-corrected chi connectivity index (χ4v) is 13.9. The third-order valence-corrected chi connectivity index (χ3v) is 39.8. The molecule has 0 aliphatic heterocycles. The van der Waals surface area contributed by atoms with Crippen LogP contribution in [-0.4, -0.2) is 104 Å². The first-order valence-corrected chi connectivity index (χ1v) is 43.5. The number of amides is 1. The van der Waals surface area contributed by atoms with E-state index in [-0.39, 0.29) is 61.8 Å². The van der Waals surface area contributed by atoms with Crippen LogP contribution in [0.3, 0.4) is 0 Å². The van der Waals surface area contributed by atoms with Gasteiger partial charge in [0.05, 0.1) is 32.0 Å². The SMILES string of the molecule is COc1ccc(COCC[C@@H](C[C@H](C[C@@H](/C=C/C[C@@H](/C=C/C[C@@H](CCCNC(=O)OC(C)(C)C)O[Si](C)(C)C(C)(C)C)O[Si](C)(C)C(C)(C)C)O[Si](C)(C)C(C)(C)C)O[Si](C)(C)C(C)(C)C)O[Si](C)(C)C(C)(C)C)cc1. The number of benzene rings is 1. The van der Waals surface area contributed by atoms with Crippen molar-refractivity contribution in [3.8, 4) is 5.75 Å². The summed E-state index contributed by atoms with van der Waals surface area (Å²) in [6.45, 7) is 65.6. The van der Waals surface area contributed by atoms with Crippen molar-refractivity contribution in [2.45, 2.75) is 303 Å². The molecule has 10 nitrogen and oxygen atoms in total. The molecule has 0 saturated carbocycles. The minimum absolute atomic E-state index is 0.00586. The van der Waals surface area contributed by atoms with E-state index in [1.165, 1.54) is 0 Å². The quantitative estimate of drug-likeness (QED) is 0.0458. The summed E-state index contributed by atoms with van der Waals surface area (Å²) < 4.78 is 54.0. The highest BCUT2D eigenvalue weighted by Crippen LogP contribution is 2.44. The van der Waals surface area contributed by atoms with Crippen molar-refractivity contribution in [2.24, 2.45) is 0 Å². The molecular formula is C61H121NO9Si5. The van der Waals surface area contributed by atoms with Gasteiger partial charge in [-0.25, -0.2) is 4.79 Å². The van der Waals surface area contributed by atoms with E-state index in [0.29, 0.717) is 26.2 Å².